The number of amidine groups is 1. The van der Waals surface area contributed by atoms with Gasteiger partial charge in [-0.15, -0.1) is 0 Å². The molecule has 0 radical (unpaired) electrons. The molecule has 6 unspecified atom stereocenters. The van der Waals surface area contributed by atoms with Crippen LogP contribution >= 0.6 is 11.8 Å². The number of hydrogen-bond acceptors (Lipinski definition) is 7. The summed E-state index contributed by atoms with van der Waals surface area (Å²) in [6.45, 7) is 0. The molecule has 3 heterocycles. The summed E-state index contributed by atoms with van der Waals surface area (Å²) in [5.74, 6) is 3.91. The van der Waals surface area contributed by atoms with Gasteiger partial charge < -0.3 is 5.32 Å². The van der Waals surface area contributed by atoms with Crippen LogP contribution in [0.25, 0.3) is 22.5 Å². The molecule has 6 aromatic carbocycles. The van der Waals surface area contributed by atoms with Crippen molar-refractivity contribution in [1.29, 1.82) is 0 Å². The van der Waals surface area contributed by atoms with Gasteiger partial charge in [0.05, 0.1) is 11.6 Å². The third-order valence-electron chi connectivity index (χ3n) is 14.9. The molecule has 68 heavy (non-hydrogen) atoms. The molecule has 2 aliphatic heterocycles. The number of hydrogen-bond donors (Lipinski definition) is 2. The topological polar surface area (TPSA) is 75.1 Å². The smallest absolute Gasteiger partial charge is 0.163 e. The van der Waals surface area contributed by atoms with Gasteiger partial charge in [-0.1, -0.05) is 200 Å². The summed E-state index contributed by atoms with van der Waals surface area (Å²) in [6, 6.07) is 57.1. The lowest BCUT2D eigenvalue weighted by Gasteiger charge is -2.43. The van der Waals surface area contributed by atoms with Gasteiger partial charge in [0.25, 0.3) is 0 Å². The fourth-order valence-electron chi connectivity index (χ4n) is 11.8. The monoisotopic (exact) mass is 898 g/mol. The van der Waals surface area contributed by atoms with E-state index in [1.54, 1.807) is 0 Å². The molecule has 1 aromatic heterocycles. The van der Waals surface area contributed by atoms with Crippen LogP contribution in [-0.2, 0) is 5.41 Å². The van der Waals surface area contributed by atoms with Crippen LogP contribution in [-0.4, -0.2) is 27.0 Å². The Kier molecular flexibility index (Phi) is 10.4. The predicted octanol–water partition coefficient (Wildman–Crippen LogP) is 13.2. The summed E-state index contributed by atoms with van der Waals surface area (Å²) >= 11 is 1.90. The highest BCUT2D eigenvalue weighted by Crippen LogP contribution is 2.64. The van der Waals surface area contributed by atoms with E-state index in [0.717, 1.165) is 71.3 Å². The van der Waals surface area contributed by atoms with Gasteiger partial charge in [0.1, 0.15) is 17.8 Å². The minimum absolute atomic E-state index is 0.00223. The summed E-state index contributed by atoms with van der Waals surface area (Å²) in [6.07, 6.45) is 22.2. The van der Waals surface area contributed by atoms with Crippen LogP contribution in [0.3, 0.4) is 0 Å². The van der Waals surface area contributed by atoms with E-state index in [-0.39, 0.29) is 41.4 Å². The molecule has 6 nitrogen and oxygen atoms in total. The van der Waals surface area contributed by atoms with Gasteiger partial charge in [-0.25, -0.2) is 19.9 Å². The molecule has 0 bridgehead atoms. The van der Waals surface area contributed by atoms with Crippen molar-refractivity contribution in [1.82, 2.24) is 25.6 Å². The summed E-state index contributed by atoms with van der Waals surface area (Å²) in [5.41, 5.74) is 11.9. The molecule has 0 saturated carbocycles. The Morgan fingerprint density at radius 2 is 1.31 bits per heavy atom. The van der Waals surface area contributed by atoms with Crippen LogP contribution in [0.1, 0.15) is 94.3 Å². The molecule has 2 N–H and O–H groups in total. The number of nitrogens with one attached hydrogen (secondary N) is 2. The molecule has 0 fully saturated rings. The maximum atomic E-state index is 5.42. The molecule has 6 aliphatic rings. The number of allylic oxidation sites excluding steroid dienone is 9. The SMILES string of the molecule is C1=CC2c3cc(C4=CC(C5NC(c6ccccc6)=NC(c6ccccc6)N5)CC(c5nc(-c6ccccc6)nc(C6CC=CCC6)n5)=C4)ccc3C3(c4ccccc4Sc4ccccc43)C2C=C1. The molecular formula is C61H50N6S. The molecule has 6 atom stereocenters. The van der Waals surface area contributed by atoms with Gasteiger partial charge >= 0.3 is 0 Å². The van der Waals surface area contributed by atoms with Gasteiger partial charge in [0.2, 0.25) is 0 Å². The van der Waals surface area contributed by atoms with E-state index in [2.05, 4.69) is 217 Å². The summed E-state index contributed by atoms with van der Waals surface area (Å²) in [5, 5.41) is 7.88. The van der Waals surface area contributed by atoms with Crippen molar-refractivity contribution in [2.75, 3.05) is 0 Å². The Hall–Kier alpha value is -7.19. The standard InChI is InChI=1S/C61H50N6S/c1-5-19-39(20-6-1)55-62-56(40-21-7-2-8-22-40)65-59(64-55)45-35-44(36-46(37-45)60-66-57(41-23-9-3-10-24-41)63-58(67-60)42-25-11-4-12-26-42)43-33-34-50-48(38-43)47-27-13-14-28-49(47)61(50)51-29-15-17-31-53(51)68-54-32-18-16-30-52(54)61/h1-11,13-24,27-36,38,42,45,47,49,55,59,64H,12,25-26,37H2,(H,62,65). The highest BCUT2D eigenvalue weighted by atomic mass is 32.2. The lowest BCUT2D eigenvalue weighted by Crippen LogP contribution is -2.54. The van der Waals surface area contributed by atoms with E-state index in [4.69, 9.17) is 19.9 Å². The first-order valence-electron chi connectivity index (χ1n) is 24.1. The van der Waals surface area contributed by atoms with Gasteiger partial charge in [-0.3, -0.25) is 5.32 Å². The average molecular weight is 899 g/mol. The van der Waals surface area contributed by atoms with Crippen molar-refractivity contribution in [3.05, 3.63) is 257 Å². The second-order valence-electron chi connectivity index (χ2n) is 18.8. The number of aliphatic imine (C=N–C) groups is 1. The van der Waals surface area contributed by atoms with Gasteiger partial charge in [-0.2, -0.15) is 0 Å². The van der Waals surface area contributed by atoms with Crippen LogP contribution < -0.4 is 10.6 Å². The second kappa shape index (κ2) is 17.2. The number of rotatable bonds is 7. The van der Waals surface area contributed by atoms with E-state index in [9.17, 15) is 0 Å². The minimum Gasteiger partial charge on any atom is -0.354 e. The highest BCUT2D eigenvalue weighted by molar-refractivity contribution is 7.99. The fraction of sp³-hybridized carbons (Fsp3) is 0.180. The second-order valence-corrected chi connectivity index (χ2v) is 19.9. The van der Waals surface area contributed by atoms with E-state index >= 15 is 0 Å². The Morgan fingerprint density at radius 1 is 0.618 bits per heavy atom. The average Bonchev–Trinajstić information content (AvgIpc) is 3.71. The molecule has 13 rings (SSSR count). The molecule has 1 spiro atoms. The number of aromatic nitrogens is 3. The van der Waals surface area contributed by atoms with Crippen LogP contribution in [0.2, 0.25) is 0 Å². The number of benzene rings is 6. The van der Waals surface area contributed by atoms with E-state index in [0.29, 0.717) is 0 Å². The minimum atomic E-state index is -0.318. The number of fused-ring (bicyclic) bond motifs is 9. The Bertz CT molecular complexity index is 3220. The quantitative estimate of drug-likeness (QED) is 0.155. The first-order chi connectivity index (χ1) is 33.7. The van der Waals surface area contributed by atoms with Crippen LogP contribution in [0.5, 0.6) is 0 Å². The van der Waals surface area contributed by atoms with Gasteiger partial charge in [0.15, 0.2) is 11.6 Å². The van der Waals surface area contributed by atoms with Crippen molar-refractivity contribution < 1.29 is 0 Å². The van der Waals surface area contributed by atoms with Crippen molar-refractivity contribution in [2.24, 2.45) is 16.8 Å². The molecule has 330 valence electrons. The summed E-state index contributed by atoms with van der Waals surface area (Å²) in [7, 11) is 0. The predicted molar refractivity (Wildman–Crippen MR) is 275 cm³/mol. The van der Waals surface area contributed by atoms with Crippen LogP contribution in [0.4, 0.5) is 0 Å². The van der Waals surface area contributed by atoms with Crippen molar-refractivity contribution in [2.45, 2.75) is 65.1 Å². The Labute approximate surface area is 402 Å². The van der Waals surface area contributed by atoms with Crippen molar-refractivity contribution in [3.63, 3.8) is 0 Å². The third-order valence-corrected chi connectivity index (χ3v) is 16.1. The zero-order valence-electron chi connectivity index (χ0n) is 37.6. The lowest BCUT2D eigenvalue weighted by atomic mass is 9.63. The maximum Gasteiger partial charge on any atom is 0.163 e. The Balaban J connectivity index is 0.978. The summed E-state index contributed by atoms with van der Waals surface area (Å²) < 4.78 is 0. The van der Waals surface area contributed by atoms with Crippen LogP contribution in [0.15, 0.2) is 221 Å². The molecule has 7 heteroatoms. The van der Waals surface area contributed by atoms with Crippen molar-refractivity contribution >= 4 is 28.7 Å². The van der Waals surface area contributed by atoms with E-state index < -0.39 is 0 Å². The fourth-order valence-corrected chi connectivity index (χ4v) is 13.0. The normalized spacial score (nSPS) is 23.9. The largest absolute Gasteiger partial charge is 0.354 e. The van der Waals surface area contributed by atoms with Gasteiger partial charge in [0, 0.05) is 44.6 Å². The summed E-state index contributed by atoms with van der Waals surface area (Å²) in [4.78, 5) is 23.9. The first kappa shape index (κ1) is 41.0. The maximum absolute atomic E-state index is 5.42. The van der Waals surface area contributed by atoms with E-state index in [1.165, 1.54) is 43.2 Å². The molecule has 4 aliphatic carbocycles. The molecule has 0 saturated heterocycles. The zero-order valence-corrected chi connectivity index (χ0v) is 38.4. The van der Waals surface area contributed by atoms with E-state index in [1.807, 2.05) is 11.8 Å². The van der Waals surface area contributed by atoms with Crippen LogP contribution in [0, 0.1) is 11.8 Å². The molecule has 7 aromatic rings. The first-order valence-corrected chi connectivity index (χ1v) is 25.0. The third kappa shape index (κ3) is 7.06. The molecular weight excluding hydrogens is 849 g/mol. The molecule has 0 amide bonds. The number of nitrogens with zero attached hydrogens (tertiary/aromatic N) is 4. The lowest BCUT2D eigenvalue weighted by molar-refractivity contribution is 0.330. The van der Waals surface area contributed by atoms with Gasteiger partial charge in [-0.05, 0) is 88.4 Å². The highest BCUT2D eigenvalue weighted by Gasteiger charge is 2.56. The zero-order chi connectivity index (χ0) is 45.0. The Morgan fingerprint density at radius 3 is 2.06 bits per heavy atom. The van der Waals surface area contributed by atoms with Crippen molar-refractivity contribution in [3.8, 4) is 11.4 Å².